The zero-order chi connectivity index (χ0) is 17.2. The van der Waals surface area contributed by atoms with Gasteiger partial charge in [0.25, 0.3) is 0 Å². The Balaban J connectivity index is 1.36. The number of pyridine rings is 1. The lowest BCUT2D eigenvalue weighted by atomic mass is 10.2. The number of oxazole rings is 1. The van der Waals surface area contributed by atoms with E-state index in [2.05, 4.69) is 9.97 Å². The third-order valence-corrected chi connectivity index (χ3v) is 4.52. The second kappa shape index (κ2) is 6.90. The smallest absolute Gasteiger partial charge is 0.221 e. The summed E-state index contributed by atoms with van der Waals surface area (Å²) < 4.78 is 25.7. The highest BCUT2D eigenvalue weighted by atomic mass is 19.1. The maximum atomic E-state index is 14.3. The molecule has 1 aromatic carbocycles. The van der Waals surface area contributed by atoms with Crippen LogP contribution in [0.3, 0.4) is 0 Å². The third-order valence-electron chi connectivity index (χ3n) is 4.52. The molecule has 2 aromatic heterocycles. The summed E-state index contributed by atoms with van der Waals surface area (Å²) in [7, 11) is 0. The van der Waals surface area contributed by atoms with Gasteiger partial charge in [-0.2, -0.15) is 0 Å². The lowest BCUT2D eigenvalue weighted by molar-refractivity contribution is 0.00236. The Labute approximate surface area is 145 Å². The predicted molar refractivity (Wildman–Crippen MR) is 91.7 cm³/mol. The van der Waals surface area contributed by atoms with Gasteiger partial charge in [-0.25, -0.2) is 9.37 Å². The normalized spacial score (nSPS) is 21.2. The zero-order valence-corrected chi connectivity index (χ0v) is 14.1. The lowest BCUT2D eigenvalue weighted by Gasteiger charge is -2.16. The summed E-state index contributed by atoms with van der Waals surface area (Å²) >= 11 is 0. The monoisotopic (exact) mass is 341 g/mol. The van der Waals surface area contributed by atoms with Crippen molar-refractivity contribution in [3.63, 3.8) is 0 Å². The van der Waals surface area contributed by atoms with Gasteiger partial charge in [0.05, 0.1) is 5.69 Å². The van der Waals surface area contributed by atoms with Crippen molar-refractivity contribution in [2.24, 2.45) is 0 Å². The van der Waals surface area contributed by atoms with E-state index in [0.717, 1.165) is 22.4 Å². The van der Waals surface area contributed by atoms with Crippen LogP contribution in [-0.4, -0.2) is 40.2 Å². The van der Waals surface area contributed by atoms with Crippen molar-refractivity contribution in [1.29, 1.82) is 0 Å². The minimum atomic E-state index is -1.02. The number of aromatic nitrogens is 2. The van der Waals surface area contributed by atoms with Gasteiger partial charge < -0.3 is 9.15 Å². The second-order valence-electron chi connectivity index (χ2n) is 6.40. The summed E-state index contributed by atoms with van der Waals surface area (Å²) in [5.74, 6) is 0.479. The lowest BCUT2D eigenvalue weighted by Crippen LogP contribution is -2.24. The molecule has 2 atom stereocenters. The Bertz CT molecular complexity index is 834. The molecule has 5 nitrogen and oxygen atoms in total. The SMILES string of the molecule is Cc1cccnc1CN1C[C@@H](F)[C@@H](OCc2nc3ccccc3o2)C1. The molecule has 0 N–H and O–H groups in total. The van der Waals surface area contributed by atoms with E-state index in [0.29, 0.717) is 25.5 Å². The maximum absolute atomic E-state index is 14.3. The summed E-state index contributed by atoms with van der Waals surface area (Å²) in [6.45, 7) is 3.73. The van der Waals surface area contributed by atoms with E-state index < -0.39 is 12.3 Å². The largest absolute Gasteiger partial charge is 0.438 e. The molecule has 1 fully saturated rings. The number of rotatable bonds is 5. The number of para-hydroxylation sites is 2. The number of fused-ring (bicyclic) bond motifs is 1. The van der Waals surface area contributed by atoms with Gasteiger partial charge in [0.2, 0.25) is 5.89 Å². The van der Waals surface area contributed by atoms with Crippen LogP contribution in [0.1, 0.15) is 17.1 Å². The minimum Gasteiger partial charge on any atom is -0.438 e. The molecule has 130 valence electrons. The Hall–Kier alpha value is -2.31. The molecule has 0 amide bonds. The van der Waals surface area contributed by atoms with E-state index in [1.54, 1.807) is 6.20 Å². The Morgan fingerprint density at radius 1 is 1.24 bits per heavy atom. The van der Waals surface area contributed by atoms with Crippen LogP contribution in [0.4, 0.5) is 4.39 Å². The molecule has 3 heterocycles. The fourth-order valence-electron chi connectivity index (χ4n) is 3.15. The number of aryl methyl sites for hydroxylation is 1. The van der Waals surface area contributed by atoms with Gasteiger partial charge >= 0.3 is 0 Å². The van der Waals surface area contributed by atoms with Crippen molar-refractivity contribution in [2.45, 2.75) is 32.4 Å². The topological polar surface area (TPSA) is 51.4 Å². The molecular weight excluding hydrogens is 321 g/mol. The Morgan fingerprint density at radius 2 is 2.12 bits per heavy atom. The first kappa shape index (κ1) is 16.2. The van der Waals surface area contributed by atoms with Crippen LogP contribution in [0, 0.1) is 6.92 Å². The van der Waals surface area contributed by atoms with E-state index in [9.17, 15) is 4.39 Å². The molecule has 6 heteroatoms. The predicted octanol–water partition coefficient (Wildman–Crippen LogP) is 3.27. The van der Waals surface area contributed by atoms with Gasteiger partial charge in [-0.15, -0.1) is 0 Å². The van der Waals surface area contributed by atoms with Crippen LogP contribution < -0.4 is 0 Å². The van der Waals surface area contributed by atoms with E-state index in [-0.39, 0.29) is 6.61 Å². The first-order chi connectivity index (χ1) is 12.2. The highest BCUT2D eigenvalue weighted by Crippen LogP contribution is 2.22. The number of hydrogen-bond donors (Lipinski definition) is 0. The molecule has 25 heavy (non-hydrogen) atoms. The van der Waals surface area contributed by atoms with Crippen LogP contribution in [0.15, 0.2) is 47.0 Å². The first-order valence-electron chi connectivity index (χ1n) is 8.42. The van der Waals surface area contributed by atoms with Gasteiger partial charge in [-0.05, 0) is 30.7 Å². The van der Waals surface area contributed by atoms with Crippen molar-refractivity contribution in [2.75, 3.05) is 13.1 Å². The van der Waals surface area contributed by atoms with Gasteiger partial charge in [-0.1, -0.05) is 18.2 Å². The second-order valence-corrected chi connectivity index (χ2v) is 6.40. The van der Waals surface area contributed by atoms with E-state index in [1.165, 1.54) is 0 Å². The molecule has 0 radical (unpaired) electrons. The van der Waals surface area contributed by atoms with Gasteiger partial charge in [0, 0.05) is 25.8 Å². The van der Waals surface area contributed by atoms with Crippen molar-refractivity contribution < 1.29 is 13.5 Å². The quantitative estimate of drug-likeness (QED) is 0.713. The van der Waals surface area contributed by atoms with E-state index in [1.807, 2.05) is 48.2 Å². The summed E-state index contributed by atoms with van der Waals surface area (Å²) in [6.07, 6.45) is 0.277. The molecule has 3 aromatic rings. The molecule has 0 spiro atoms. The fourth-order valence-corrected chi connectivity index (χ4v) is 3.15. The van der Waals surface area contributed by atoms with Crippen molar-refractivity contribution in [3.05, 3.63) is 59.7 Å². The molecule has 0 unspecified atom stereocenters. The van der Waals surface area contributed by atoms with Crippen LogP contribution in [0.25, 0.3) is 11.1 Å². The number of nitrogens with zero attached hydrogens (tertiary/aromatic N) is 3. The van der Waals surface area contributed by atoms with Crippen LogP contribution >= 0.6 is 0 Å². The van der Waals surface area contributed by atoms with Crippen LogP contribution in [-0.2, 0) is 17.9 Å². The van der Waals surface area contributed by atoms with Crippen molar-refractivity contribution in [1.82, 2.24) is 14.9 Å². The van der Waals surface area contributed by atoms with E-state index >= 15 is 0 Å². The first-order valence-corrected chi connectivity index (χ1v) is 8.42. The number of alkyl halides is 1. The maximum Gasteiger partial charge on any atom is 0.221 e. The highest BCUT2D eigenvalue weighted by molar-refractivity contribution is 5.72. The summed E-state index contributed by atoms with van der Waals surface area (Å²) in [5, 5.41) is 0. The van der Waals surface area contributed by atoms with Crippen molar-refractivity contribution in [3.8, 4) is 0 Å². The summed E-state index contributed by atoms with van der Waals surface area (Å²) in [6, 6.07) is 11.5. The minimum absolute atomic E-state index is 0.177. The van der Waals surface area contributed by atoms with E-state index in [4.69, 9.17) is 9.15 Å². The Morgan fingerprint density at radius 3 is 2.96 bits per heavy atom. The molecule has 1 aliphatic rings. The average Bonchev–Trinajstić information content (AvgIpc) is 3.18. The van der Waals surface area contributed by atoms with Crippen LogP contribution in [0.2, 0.25) is 0 Å². The fraction of sp³-hybridized carbons (Fsp3) is 0.368. The Kier molecular flexibility index (Phi) is 4.46. The highest BCUT2D eigenvalue weighted by Gasteiger charge is 2.34. The zero-order valence-electron chi connectivity index (χ0n) is 14.1. The van der Waals surface area contributed by atoms with Gasteiger partial charge in [-0.3, -0.25) is 9.88 Å². The van der Waals surface area contributed by atoms with Crippen LogP contribution in [0.5, 0.6) is 0 Å². The number of benzene rings is 1. The third kappa shape index (κ3) is 3.55. The average molecular weight is 341 g/mol. The molecule has 0 saturated carbocycles. The molecule has 4 rings (SSSR count). The van der Waals surface area contributed by atoms with Crippen molar-refractivity contribution >= 4 is 11.1 Å². The molecule has 1 aliphatic heterocycles. The van der Waals surface area contributed by atoms with Gasteiger partial charge in [0.15, 0.2) is 5.58 Å². The molecular formula is C19H20FN3O2. The number of hydrogen-bond acceptors (Lipinski definition) is 5. The molecule has 0 bridgehead atoms. The standard InChI is InChI=1S/C19H20FN3O2/c1-13-5-4-8-21-16(13)10-23-9-14(20)18(11-23)24-12-19-22-15-6-2-3-7-17(15)25-19/h2-8,14,18H,9-12H2,1H3/t14-,18+/m1/s1. The van der Waals surface area contributed by atoms with Gasteiger partial charge in [0.1, 0.15) is 24.4 Å². The number of likely N-dealkylation sites (tertiary alicyclic amines) is 1. The summed E-state index contributed by atoms with van der Waals surface area (Å²) in [4.78, 5) is 10.8. The number of halogens is 1. The molecule has 0 aliphatic carbocycles. The molecule has 1 saturated heterocycles. The summed E-state index contributed by atoms with van der Waals surface area (Å²) in [5.41, 5.74) is 3.61. The number of ether oxygens (including phenoxy) is 1.